The van der Waals surface area contributed by atoms with Gasteiger partial charge in [-0.2, -0.15) is 0 Å². The molecule has 0 bridgehead atoms. The van der Waals surface area contributed by atoms with Gasteiger partial charge in [-0.1, -0.05) is 59.2 Å². The summed E-state index contributed by atoms with van der Waals surface area (Å²) in [5.74, 6) is 3.48. The highest BCUT2D eigenvalue weighted by Crippen LogP contribution is 2.41. The van der Waals surface area contributed by atoms with Crippen molar-refractivity contribution in [3.8, 4) is 11.5 Å². The minimum absolute atomic E-state index is 0.0939. The van der Waals surface area contributed by atoms with Gasteiger partial charge in [-0.15, -0.1) is 5.54 Å². The first kappa shape index (κ1) is 30.6. The van der Waals surface area contributed by atoms with Gasteiger partial charge in [0.15, 0.2) is 5.16 Å². The number of fused-ring (bicyclic) bond motifs is 1. The van der Waals surface area contributed by atoms with Gasteiger partial charge in [0.1, 0.15) is 25.6 Å². The van der Waals surface area contributed by atoms with Crippen LogP contribution in [0.15, 0.2) is 28.7 Å². The molecule has 0 aliphatic heterocycles. The molecular formula is C29H41N5O3SSi. The van der Waals surface area contributed by atoms with E-state index in [0.717, 1.165) is 5.39 Å². The van der Waals surface area contributed by atoms with Gasteiger partial charge in [-0.05, 0) is 50.6 Å². The fraction of sp³-hybridized carbons (Fsp3) is 0.552. The van der Waals surface area contributed by atoms with E-state index in [1.54, 1.807) is 44.7 Å². The third-order valence-corrected chi connectivity index (χ3v) is 14.1. The van der Waals surface area contributed by atoms with Crippen LogP contribution in [0.25, 0.3) is 11.0 Å². The number of hydrogen-bond acceptors (Lipinski definition) is 7. The summed E-state index contributed by atoms with van der Waals surface area (Å²) in [6, 6.07) is 0. The van der Waals surface area contributed by atoms with Crippen molar-refractivity contribution >= 4 is 37.0 Å². The number of hydrogen-bond donors (Lipinski definition) is 0. The number of aromatic nitrogens is 5. The van der Waals surface area contributed by atoms with E-state index in [4.69, 9.17) is 9.72 Å². The minimum atomic E-state index is -2.04. The summed E-state index contributed by atoms with van der Waals surface area (Å²) in [5.41, 5.74) is 6.48. The number of thioether (sulfide) groups is 1. The van der Waals surface area contributed by atoms with E-state index in [2.05, 4.69) is 63.0 Å². The summed E-state index contributed by atoms with van der Waals surface area (Å²) in [5, 5.41) is 1.27. The molecule has 0 saturated carbocycles. The molecule has 0 spiro atoms. The van der Waals surface area contributed by atoms with Crippen molar-refractivity contribution < 1.29 is 9.53 Å². The van der Waals surface area contributed by atoms with Crippen LogP contribution in [0.2, 0.25) is 16.6 Å². The molecule has 0 saturated heterocycles. The van der Waals surface area contributed by atoms with Crippen molar-refractivity contribution in [3.05, 3.63) is 45.9 Å². The molecule has 0 aromatic carbocycles. The fourth-order valence-corrected chi connectivity index (χ4v) is 11.0. The van der Waals surface area contributed by atoms with Crippen molar-refractivity contribution in [2.75, 3.05) is 6.26 Å². The largest absolute Gasteiger partial charge is 0.443 e. The van der Waals surface area contributed by atoms with E-state index in [-0.39, 0.29) is 12.1 Å². The average Bonchev–Trinajstić information content (AvgIpc) is 3.30. The lowest BCUT2D eigenvalue weighted by Crippen LogP contribution is -2.43. The lowest BCUT2D eigenvalue weighted by Gasteiger charge is -2.38. The molecule has 3 aromatic heterocycles. The molecule has 0 aliphatic carbocycles. The van der Waals surface area contributed by atoms with Crippen LogP contribution < -0.4 is 5.56 Å². The third-order valence-electron chi connectivity index (χ3n) is 7.29. The van der Waals surface area contributed by atoms with Gasteiger partial charge in [-0.25, -0.2) is 24.3 Å². The molecule has 0 amide bonds. The maximum Gasteiger partial charge on any atom is 0.420 e. The smallest absolute Gasteiger partial charge is 0.420 e. The predicted molar refractivity (Wildman–Crippen MR) is 161 cm³/mol. The van der Waals surface area contributed by atoms with Gasteiger partial charge in [0, 0.05) is 17.3 Å². The Bertz CT molecular complexity index is 1470. The van der Waals surface area contributed by atoms with Crippen LogP contribution in [0.3, 0.4) is 0 Å². The summed E-state index contributed by atoms with van der Waals surface area (Å²) in [6.07, 6.45) is 6.07. The second kappa shape index (κ2) is 11.7. The third kappa shape index (κ3) is 6.15. The first-order chi connectivity index (χ1) is 18.1. The van der Waals surface area contributed by atoms with E-state index in [1.807, 2.05) is 6.26 Å². The highest BCUT2D eigenvalue weighted by atomic mass is 32.2. The van der Waals surface area contributed by atoms with Crippen molar-refractivity contribution in [1.29, 1.82) is 0 Å². The van der Waals surface area contributed by atoms with Gasteiger partial charge in [-0.3, -0.25) is 9.36 Å². The molecule has 0 fully saturated rings. The van der Waals surface area contributed by atoms with Gasteiger partial charge < -0.3 is 4.74 Å². The van der Waals surface area contributed by atoms with E-state index in [1.165, 1.54) is 22.7 Å². The number of carbonyl (C=O) groups is 1. The number of pyridine rings is 1. The molecule has 8 nitrogen and oxygen atoms in total. The Morgan fingerprint density at radius 3 is 2.26 bits per heavy atom. The Labute approximate surface area is 237 Å². The van der Waals surface area contributed by atoms with Gasteiger partial charge in [0.25, 0.3) is 5.56 Å². The molecule has 10 heteroatoms. The molecule has 0 N–H and O–H groups in total. The van der Waals surface area contributed by atoms with Crippen molar-refractivity contribution in [2.24, 2.45) is 0 Å². The molecule has 0 aliphatic rings. The van der Waals surface area contributed by atoms with E-state index in [0.29, 0.717) is 44.2 Å². The Balaban J connectivity index is 2.26. The Morgan fingerprint density at radius 1 is 1.10 bits per heavy atom. The fourth-order valence-electron chi connectivity index (χ4n) is 5.43. The van der Waals surface area contributed by atoms with Crippen LogP contribution in [-0.2, 0) is 11.3 Å². The molecule has 39 heavy (non-hydrogen) atoms. The summed E-state index contributed by atoms with van der Waals surface area (Å²) in [4.78, 5) is 40.1. The summed E-state index contributed by atoms with van der Waals surface area (Å²) in [7, 11) is -2.04. The SMILES string of the molecule is CSc1ncc2c(C#C[Si](C(C)C)(C(C)C)C(C)C)c(C)c(=O)n(Cc3cncn3C(=O)OC(C)(C)C)c2n1. The molecular weight excluding hydrogens is 527 g/mol. The molecule has 3 aromatic rings. The zero-order valence-electron chi connectivity index (χ0n) is 25.0. The summed E-state index contributed by atoms with van der Waals surface area (Å²) in [6.45, 7) is 20.9. The number of nitrogens with zero attached hydrogens (tertiary/aromatic N) is 5. The monoisotopic (exact) mass is 567 g/mol. The van der Waals surface area contributed by atoms with Crippen molar-refractivity contribution in [3.63, 3.8) is 0 Å². The molecule has 0 atom stereocenters. The van der Waals surface area contributed by atoms with Crippen LogP contribution in [-0.4, -0.2) is 50.1 Å². The number of imidazole rings is 1. The lowest BCUT2D eigenvalue weighted by molar-refractivity contribution is 0.0532. The zero-order valence-corrected chi connectivity index (χ0v) is 26.9. The summed E-state index contributed by atoms with van der Waals surface area (Å²) >= 11 is 1.40. The van der Waals surface area contributed by atoms with Crippen LogP contribution >= 0.6 is 11.8 Å². The predicted octanol–water partition coefficient (Wildman–Crippen LogP) is 6.42. The molecule has 210 valence electrons. The topological polar surface area (TPSA) is 91.9 Å². The second-order valence-electron chi connectivity index (χ2n) is 11.9. The summed E-state index contributed by atoms with van der Waals surface area (Å²) < 4.78 is 8.44. The van der Waals surface area contributed by atoms with Gasteiger partial charge >= 0.3 is 6.09 Å². The zero-order chi connectivity index (χ0) is 29.3. The van der Waals surface area contributed by atoms with Crippen LogP contribution in [0, 0.1) is 18.4 Å². The molecule has 0 unspecified atom stereocenters. The first-order valence-electron chi connectivity index (χ1n) is 13.4. The van der Waals surface area contributed by atoms with E-state index in [9.17, 15) is 9.59 Å². The highest BCUT2D eigenvalue weighted by Gasteiger charge is 2.41. The van der Waals surface area contributed by atoms with E-state index < -0.39 is 19.8 Å². The Morgan fingerprint density at radius 2 is 1.72 bits per heavy atom. The van der Waals surface area contributed by atoms with Crippen LogP contribution in [0.4, 0.5) is 4.79 Å². The highest BCUT2D eigenvalue weighted by molar-refractivity contribution is 7.98. The first-order valence-corrected chi connectivity index (χ1v) is 16.8. The van der Waals surface area contributed by atoms with Gasteiger partial charge in [0.05, 0.1) is 23.8 Å². The second-order valence-corrected chi connectivity index (χ2v) is 18.2. The number of rotatable bonds is 6. The quantitative estimate of drug-likeness (QED) is 0.147. The molecule has 3 rings (SSSR count). The van der Waals surface area contributed by atoms with Gasteiger partial charge in [0.2, 0.25) is 0 Å². The van der Waals surface area contributed by atoms with Crippen LogP contribution in [0.1, 0.15) is 79.1 Å². The number of carbonyl (C=O) groups excluding carboxylic acids is 1. The normalized spacial score (nSPS) is 12.4. The average molecular weight is 568 g/mol. The maximum absolute atomic E-state index is 13.9. The molecule has 3 heterocycles. The lowest BCUT2D eigenvalue weighted by atomic mass is 10.1. The Hall–Kier alpha value is -2.90. The minimum Gasteiger partial charge on any atom is -0.443 e. The van der Waals surface area contributed by atoms with Crippen molar-refractivity contribution in [1.82, 2.24) is 24.1 Å². The van der Waals surface area contributed by atoms with E-state index >= 15 is 0 Å². The van der Waals surface area contributed by atoms with Crippen molar-refractivity contribution in [2.45, 2.75) is 103 Å². The maximum atomic E-state index is 13.9. The number of ether oxygens (including phenoxy) is 1. The standard InChI is InChI=1S/C29H41N5O3SSi/c1-18(2)39(19(3)4,20(5)6)13-12-23-21(7)26(35)33(25-24(23)15-31-27(32-25)38-11)16-22-14-30-17-34(22)28(36)37-29(8,9)10/h14-15,17-20H,16H2,1-11H3. The van der Waals surface area contributed by atoms with Crippen LogP contribution in [0.5, 0.6) is 0 Å². The molecule has 0 radical (unpaired) electrons. The Kier molecular flexibility index (Phi) is 9.18.